The molecule has 1 amide bonds. The van der Waals surface area contributed by atoms with Crippen LogP contribution in [0.4, 0.5) is 0 Å². The molecule has 0 bridgehead atoms. The topological polar surface area (TPSA) is 69.6 Å². The van der Waals surface area contributed by atoms with E-state index >= 15 is 0 Å². The van der Waals surface area contributed by atoms with Crippen LogP contribution in [0.25, 0.3) is 0 Å². The molecular formula is C14H19BrN2O3. The van der Waals surface area contributed by atoms with Crippen LogP contribution in [0, 0.1) is 0 Å². The number of hydrogen-bond donors (Lipinski definition) is 2. The number of hydrogen-bond acceptors (Lipinski definition) is 3. The molecule has 0 saturated carbocycles. The first-order valence-corrected chi connectivity index (χ1v) is 7.08. The maximum atomic E-state index is 11.6. The van der Waals surface area contributed by atoms with Gasteiger partial charge in [0.1, 0.15) is 0 Å². The van der Waals surface area contributed by atoms with Crippen molar-refractivity contribution in [3.63, 3.8) is 0 Å². The number of aromatic carboxylic acids is 1. The Morgan fingerprint density at radius 3 is 2.55 bits per heavy atom. The molecule has 1 aromatic carbocycles. The van der Waals surface area contributed by atoms with Gasteiger partial charge in [-0.15, -0.1) is 0 Å². The summed E-state index contributed by atoms with van der Waals surface area (Å²) in [5.74, 6) is -0.984. The van der Waals surface area contributed by atoms with Crippen LogP contribution in [0.3, 0.4) is 0 Å². The summed E-state index contributed by atoms with van der Waals surface area (Å²) < 4.78 is 0.730. The van der Waals surface area contributed by atoms with Gasteiger partial charge in [0.25, 0.3) is 0 Å². The van der Waals surface area contributed by atoms with Gasteiger partial charge in [0.15, 0.2) is 0 Å². The van der Waals surface area contributed by atoms with Crippen molar-refractivity contribution in [2.45, 2.75) is 26.4 Å². The van der Waals surface area contributed by atoms with E-state index < -0.39 is 5.97 Å². The Balaban J connectivity index is 2.64. The maximum absolute atomic E-state index is 11.6. The van der Waals surface area contributed by atoms with Crippen LogP contribution in [-0.2, 0) is 11.3 Å². The van der Waals surface area contributed by atoms with Gasteiger partial charge in [0.05, 0.1) is 12.1 Å². The number of carboxylic acids is 1. The average molecular weight is 343 g/mol. The Bertz CT molecular complexity index is 503. The molecule has 0 aliphatic rings. The molecule has 0 aromatic heterocycles. The van der Waals surface area contributed by atoms with E-state index in [0.29, 0.717) is 13.1 Å². The second kappa shape index (κ2) is 7.40. The summed E-state index contributed by atoms with van der Waals surface area (Å²) in [4.78, 5) is 24.4. The second-order valence-electron chi connectivity index (χ2n) is 5.01. The fourth-order valence-electron chi connectivity index (χ4n) is 1.77. The number of rotatable bonds is 6. The predicted molar refractivity (Wildman–Crippen MR) is 80.7 cm³/mol. The van der Waals surface area contributed by atoms with E-state index in [1.54, 1.807) is 18.2 Å². The summed E-state index contributed by atoms with van der Waals surface area (Å²) in [6.45, 7) is 4.69. The minimum absolute atomic E-state index is 0.0271. The number of nitrogens with zero attached hydrogens (tertiary/aromatic N) is 1. The highest BCUT2D eigenvalue weighted by Crippen LogP contribution is 2.20. The van der Waals surface area contributed by atoms with Gasteiger partial charge in [0.2, 0.25) is 5.91 Å². The molecule has 0 aliphatic heterocycles. The molecule has 20 heavy (non-hydrogen) atoms. The van der Waals surface area contributed by atoms with Gasteiger partial charge in [0, 0.05) is 17.1 Å². The zero-order valence-electron chi connectivity index (χ0n) is 11.8. The third-order valence-electron chi connectivity index (χ3n) is 2.60. The number of carbonyl (C=O) groups is 2. The lowest BCUT2D eigenvalue weighted by molar-refractivity contribution is -0.122. The third-order valence-corrected chi connectivity index (χ3v) is 3.34. The Kier molecular flexibility index (Phi) is 6.16. The highest BCUT2D eigenvalue weighted by molar-refractivity contribution is 9.10. The van der Waals surface area contributed by atoms with E-state index in [0.717, 1.165) is 10.0 Å². The van der Waals surface area contributed by atoms with Crippen molar-refractivity contribution in [3.8, 4) is 0 Å². The SMILES string of the molecule is CC(C)NC(=O)CN(C)Cc1ccc(C(=O)O)cc1Br. The lowest BCUT2D eigenvalue weighted by Gasteiger charge is -2.18. The molecule has 0 aliphatic carbocycles. The van der Waals surface area contributed by atoms with Crippen LogP contribution in [0.15, 0.2) is 22.7 Å². The van der Waals surface area contributed by atoms with Crippen molar-refractivity contribution in [2.24, 2.45) is 0 Å². The van der Waals surface area contributed by atoms with Crippen molar-refractivity contribution in [3.05, 3.63) is 33.8 Å². The molecule has 110 valence electrons. The van der Waals surface area contributed by atoms with Crippen LogP contribution in [0.1, 0.15) is 29.8 Å². The first-order valence-electron chi connectivity index (χ1n) is 6.29. The quantitative estimate of drug-likeness (QED) is 0.830. The van der Waals surface area contributed by atoms with Crippen LogP contribution in [0.2, 0.25) is 0 Å². The van der Waals surface area contributed by atoms with Gasteiger partial charge in [-0.05, 0) is 38.6 Å². The molecule has 1 aromatic rings. The number of carboxylic acid groups (broad SMARTS) is 1. The molecule has 0 saturated heterocycles. The second-order valence-corrected chi connectivity index (χ2v) is 5.86. The highest BCUT2D eigenvalue weighted by Gasteiger charge is 2.11. The van der Waals surface area contributed by atoms with Crippen molar-refractivity contribution in [1.82, 2.24) is 10.2 Å². The van der Waals surface area contributed by atoms with Crippen LogP contribution < -0.4 is 5.32 Å². The molecule has 2 N–H and O–H groups in total. The van der Waals surface area contributed by atoms with Gasteiger partial charge in [-0.1, -0.05) is 22.0 Å². The van der Waals surface area contributed by atoms with Crippen molar-refractivity contribution >= 4 is 27.8 Å². The van der Waals surface area contributed by atoms with Gasteiger partial charge in [-0.2, -0.15) is 0 Å². The first kappa shape index (κ1) is 16.7. The largest absolute Gasteiger partial charge is 0.478 e. The third kappa shape index (κ3) is 5.30. The summed E-state index contributed by atoms with van der Waals surface area (Å²) in [5.41, 5.74) is 1.18. The fraction of sp³-hybridized carbons (Fsp3) is 0.429. The maximum Gasteiger partial charge on any atom is 0.335 e. The van der Waals surface area contributed by atoms with Crippen LogP contribution in [-0.4, -0.2) is 41.5 Å². The molecule has 0 heterocycles. The summed E-state index contributed by atoms with van der Waals surface area (Å²) in [6, 6.07) is 5.01. The van der Waals surface area contributed by atoms with E-state index in [1.165, 1.54) is 0 Å². The van der Waals surface area contributed by atoms with E-state index in [2.05, 4.69) is 21.2 Å². The van der Waals surface area contributed by atoms with Gasteiger partial charge in [-0.25, -0.2) is 4.79 Å². The first-order chi connectivity index (χ1) is 9.29. The standard InChI is InChI=1S/C14H19BrN2O3/c1-9(2)16-13(18)8-17(3)7-11-5-4-10(14(19)20)6-12(11)15/h4-6,9H,7-8H2,1-3H3,(H,16,18)(H,19,20). The number of likely N-dealkylation sites (N-methyl/N-ethyl adjacent to an activating group) is 1. The zero-order valence-corrected chi connectivity index (χ0v) is 13.4. The summed E-state index contributed by atoms with van der Waals surface area (Å²) in [5, 5.41) is 11.7. The lowest BCUT2D eigenvalue weighted by atomic mass is 10.1. The zero-order chi connectivity index (χ0) is 15.3. The minimum atomic E-state index is -0.957. The lowest BCUT2D eigenvalue weighted by Crippen LogP contribution is -2.38. The minimum Gasteiger partial charge on any atom is -0.478 e. The summed E-state index contributed by atoms with van der Waals surface area (Å²) in [7, 11) is 1.84. The van der Waals surface area contributed by atoms with Gasteiger partial charge < -0.3 is 10.4 Å². The van der Waals surface area contributed by atoms with Crippen LogP contribution in [0.5, 0.6) is 0 Å². The normalized spacial score (nSPS) is 10.9. The predicted octanol–water partition coefficient (Wildman–Crippen LogP) is 2.10. The van der Waals surface area contributed by atoms with E-state index in [-0.39, 0.29) is 17.5 Å². The molecular weight excluding hydrogens is 324 g/mol. The van der Waals surface area contributed by atoms with E-state index in [4.69, 9.17) is 5.11 Å². The molecule has 0 atom stereocenters. The number of amides is 1. The number of halogens is 1. The number of benzene rings is 1. The monoisotopic (exact) mass is 342 g/mol. The Morgan fingerprint density at radius 1 is 1.40 bits per heavy atom. The fourth-order valence-corrected chi connectivity index (χ4v) is 2.27. The molecule has 6 heteroatoms. The molecule has 0 radical (unpaired) electrons. The van der Waals surface area contributed by atoms with Crippen molar-refractivity contribution in [1.29, 1.82) is 0 Å². The van der Waals surface area contributed by atoms with Gasteiger partial charge >= 0.3 is 5.97 Å². The molecule has 0 fully saturated rings. The summed E-state index contributed by atoms with van der Waals surface area (Å²) in [6.07, 6.45) is 0. The number of nitrogens with one attached hydrogen (secondary N) is 1. The van der Waals surface area contributed by atoms with Crippen LogP contribution >= 0.6 is 15.9 Å². The van der Waals surface area contributed by atoms with E-state index in [1.807, 2.05) is 25.8 Å². The average Bonchev–Trinajstić information content (AvgIpc) is 2.30. The smallest absolute Gasteiger partial charge is 0.335 e. The Labute approximate surface area is 127 Å². The Morgan fingerprint density at radius 2 is 2.05 bits per heavy atom. The van der Waals surface area contributed by atoms with Gasteiger partial charge in [-0.3, -0.25) is 9.69 Å². The molecule has 1 rings (SSSR count). The summed E-state index contributed by atoms with van der Waals surface area (Å²) >= 11 is 3.36. The van der Waals surface area contributed by atoms with Crippen molar-refractivity contribution < 1.29 is 14.7 Å². The molecule has 5 nitrogen and oxygen atoms in total. The highest BCUT2D eigenvalue weighted by atomic mass is 79.9. The Hall–Kier alpha value is -1.40. The molecule has 0 spiro atoms. The van der Waals surface area contributed by atoms with E-state index in [9.17, 15) is 9.59 Å². The van der Waals surface area contributed by atoms with Crippen molar-refractivity contribution in [2.75, 3.05) is 13.6 Å². The molecule has 0 unspecified atom stereocenters. The number of carbonyl (C=O) groups excluding carboxylic acids is 1.